The summed E-state index contributed by atoms with van der Waals surface area (Å²) in [7, 11) is 0. The predicted octanol–water partition coefficient (Wildman–Crippen LogP) is 15.3. The minimum atomic E-state index is -0.809. The maximum atomic E-state index is 12.2. The summed E-state index contributed by atoms with van der Waals surface area (Å²) in [6, 6.07) is 0. The fourth-order valence-electron chi connectivity index (χ4n) is 6.38. The van der Waals surface area contributed by atoms with Crippen LogP contribution in [-0.4, -0.2) is 36.4 Å². The van der Waals surface area contributed by atoms with E-state index in [2.05, 4.69) is 86.8 Å². The lowest BCUT2D eigenvalue weighted by atomic mass is 10.0. The predicted molar refractivity (Wildman–Crippen MR) is 242 cm³/mol. The molecule has 5 heteroatoms. The monoisotopic (exact) mass is 781 g/mol. The van der Waals surface area contributed by atoms with E-state index in [1.165, 1.54) is 122 Å². The van der Waals surface area contributed by atoms with Crippen molar-refractivity contribution in [2.24, 2.45) is 0 Å². The minimum Gasteiger partial charge on any atom is -0.462 e. The Kier molecular flexibility index (Phi) is 44.5. The van der Waals surface area contributed by atoms with Crippen molar-refractivity contribution >= 4 is 11.9 Å². The molecule has 0 fully saturated rings. The van der Waals surface area contributed by atoms with Crippen molar-refractivity contribution in [1.29, 1.82) is 0 Å². The molecule has 0 aliphatic carbocycles. The second-order valence-corrected chi connectivity index (χ2v) is 15.5. The first-order valence-corrected chi connectivity index (χ1v) is 23.5. The molecule has 5 nitrogen and oxygen atoms in total. The number of allylic oxidation sites excluding steroid dienone is 12. The molecule has 0 aromatic heterocycles. The van der Waals surface area contributed by atoms with Crippen molar-refractivity contribution in [2.45, 2.75) is 225 Å². The zero-order chi connectivity index (χ0) is 40.7. The molecule has 1 N–H and O–H groups in total. The number of aliphatic hydroxyl groups excluding tert-OH is 1. The van der Waals surface area contributed by atoms with Gasteiger partial charge < -0.3 is 14.6 Å². The molecule has 0 radical (unpaired) electrons. The summed E-state index contributed by atoms with van der Waals surface area (Å²) >= 11 is 0. The summed E-state index contributed by atoms with van der Waals surface area (Å²) in [4.78, 5) is 24.3. The van der Waals surface area contributed by atoms with Gasteiger partial charge in [0, 0.05) is 12.8 Å². The van der Waals surface area contributed by atoms with E-state index in [4.69, 9.17) is 9.47 Å². The highest BCUT2D eigenvalue weighted by molar-refractivity contribution is 5.70. The summed E-state index contributed by atoms with van der Waals surface area (Å²) in [6.45, 7) is 4.06. The fraction of sp³-hybridized carbons (Fsp3) is 0.725. The van der Waals surface area contributed by atoms with Gasteiger partial charge in [-0.15, -0.1) is 0 Å². The number of aliphatic hydroxyl groups is 1. The number of esters is 2. The molecule has 0 bridgehead atoms. The topological polar surface area (TPSA) is 72.8 Å². The molecular weight excluding hydrogens is 693 g/mol. The van der Waals surface area contributed by atoms with Crippen molar-refractivity contribution in [3.63, 3.8) is 0 Å². The van der Waals surface area contributed by atoms with Crippen molar-refractivity contribution in [3.8, 4) is 0 Å². The second-order valence-electron chi connectivity index (χ2n) is 15.5. The van der Waals surface area contributed by atoms with Crippen molar-refractivity contribution < 1.29 is 24.2 Å². The van der Waals surface area contributed by atoms with E-state index in [9.17, 15) is 14.7 Å². The van der Waals surface area contributed by atoms with Crippen LogP contribution in [0.25, 0.3) is 0 Å². The van der Waals surface area contributed by atoms with Crippen LogP contribution in [0.2, 0.25) is 0 Å². The van der Waals surface area contributed by atoms with Gasteiger partial charge in [0.15, 0.2) is 6.10 Å². The highest BCUT2D eigenvalue weighted by Gasteiger charge is 2.16. The first kappa shape index (κ1) is 53.3. The van der Waals surface area contributed by atoms with Gasteiger partial charge in [0.1, 0.15) is 6.61 Å². The lowest BCUT2D eigenvalue weighted by Crippen LogP contribution is -2.28. The van der Waals surface area contributed by atoms with Crippen molar-refractivity contribution in [2.75, 3.05) is 13.2 Å². The Hall–Kier alpha value is -2.66. The lowest BCUT2D eigenvalue weighted by Gasteiger charge is -2.15. The van der Waals surface area contributed by atoms with Crippen LogP contribution in [0.15, 0.2) is 72.9 Å². The maximum absolute atomic E-state index is 12.2. The molecule has 0 aromatic carbocycles. The molecule has 0 aliphatic rings. The van der Waals surface area contributed by atoms with E-state index in [1.54, 1.807) is 0 Å². The molecule has 0 aromatic rings. The maximum Gasteiger partial charge on any atom is 0.306 e. The quantitative estimate of drug-likeness (QED) is 0.0379. The van der Waals surface area contributed by atoms with Crippen molar-refractivity contribution in [3.05, 3.63) is 72.9 Å². The largest absolute Gasteiger partial charge is 0.462 e. The summed E-state index contributed by atoms with van der Waals surface area (Å²) in [5.74, 6) is -0.677. The van der Waals surface area contributed by atoms with E-state index in [0.717, 1.165) is 64.2 Å². The molecule has 0 aliphatic heterocycles. The summed E-state index contributed by atoms with van der Waals surface area (Å²) in [6.07, 6.45) is 62.8. The SMILES string of the molecule is CCCCC/C=C/C/C=C/C/C=C/C/C=C/CCCCCC(=O)OC[C@H](CO)OC(=O)CCC/C=C/CC/C=C/CCCCCCCCCCCCCCCC. The Morgan fingerprint density at radius 2 is 0.750 bits per heavy atom. The van der Waals surface area contributed by atoms with Gasteiger partial charge in [-0.25, -0.2) is 0 Å². The molecular formula is C51H88O5. The van der Waals surface area contributed by atoms with Crippen LogP contribution in [0.3, 0.4) is 0 Å². The molecule has 0 saturated heterocycles. The summed E-state index contributed by atoms with van der Waals surface area (Å²) < 4.78 is 10.6. The number of ether oxygens (including phenoxy) is 2. The third-order valence-electron chi connectivity index (χ3n) is 9.95. The van der Waals surface area contributed by atoms with E-state index in [-0.39, 0.29) is 31.6 Å². The Morgan fingerprint density at radius 1 is 0.411 bits per heavy atom. The third-order valence-corrected chi connectivity index (χ3v) is 9.95. The summed E-state index contributed by atoms with van der Waals surface area (Å²) in [5.41, 5.74) is 0. The van der Waals surface area contributed by atoms with E-state index in [1.807, 2.05) is 0 Å². The molecule has 0 rings (SSSR count). The fourth-order valence-corrected chi connectivity index (χ4v) is 6.38. The van der Waals surface area contributed by atoms with Crippen LogP contribution in [0.1, 0.15) is 219 Å². The first-order valence-electron chi connectivity index (χ1n) is 23.5. The van der Waals surface area contributed by atoms with Crippen LogP contribution in [0.5, 0.6) is 0 Å². The molecule has 0 unspecified atom stereocenters. The standard InChI is InChI=1S/C51H88O5/c1-3-5-7-9-11-13-15-17-19-21-23-24-25-26-28-30-32-34-36-38-40-42-44-46-51(54)56-49(47-52)48-55-50(53)45-43-41-39-37-35-33-31-29-27-22-20-18-16-14-12-10-8-6-4-2/h12,14,18,20,27,29-30,32-33,35,38,40,49,52H,3-11,13,15-17,19,21-26,28,31,34,36-37,39,41-48H2,1-2H3/b14-12+,20-18+,29-27+,32-30+,35-33+,40-38+/t49-/m0/s1. The van der Waals surface area contributed by atoms with Gasteiger partial charge in [0.05, 0.1) is 6.61 Å². The van der Waals surface area contributed by atoms with Gasteiger partial charge in [0.2, 0.25) is 0 Å². The zero-order valence-corrected chi connectivity index (χ0v) is 36.6. The highest BCUT2D eigenvalue weighted by atomic mass is 16.6. The number of carbonyl (C=O) groups excluding carboxylic acids is 2. The van der Waals surface area contributed by atoms with Crippen LogP contribution in [-0.2, 0) is 19.1 Å². The molecule has 1 atom stereocenters. The number of rotatable bonds is 42. The van der Waals surface area contributed by atoms with E-state index < -0.39 is 6.10 Å². The molecule has 0 heterocycles. The van der Waals surface area contributed by atoms with Crippen LogP contribution in [0.4, 0.5) is 0 Å². The van der Waals surface area contributed by atoms with Crippen LogP contribution < -0.4 is 0 Å². The van der Waals surface area contributed by atoms with Gasteiger partial charge >= 0.3 is 11.9 Å². The third kappa shape index (κ3) is 44.1. The molecule has 0 spiro atoms. The average Bonchev–Trinajstić information content (AvgIpc) is 3.20. The molecule has 0 amide bonds. The van der Waals surface area contributed by atoms with Gasteiger partial charge in [-0.2, -0.15) is 0 Å². The zero-order valence-electron chi connectivity index (χ0n) is 36.6. The lowest BCUT2D eigenvalue weighted by molar-refractivity contribution is -0.161. The Bertz CT molecular complexity index is 1020. The highest BCUT2D eigenvalue weighted by Crippen LogP contribution is 2.14. The Labute approximate surface area is 346 Å². The van der Waals surface area contributed by atoms with Gasteiger partial charge in [-0.1, -0.05) is 189 Å². The number of hydrogen-bond donors (Lipinski definition) is 1. The summed E-state index contributed by atoms with van der Waals surface area (Å²) in [5, 5.41) is 9.59. The van der Waals surface area contributed by atoms with Crippen LogP contribution in [0, 0.1) is 0 Å². The Morgan fingerprint density at radius 3 is 1.23 bits per heavy atom. The average molecular weight is 781 g/mol. The van der Waals surface area contributed by atoms with Gasteiger partial charge in [-0.05, 0) is 89.9 Å². The van der Waals surface area contributed by atoms with E-state index in [0.29, 0.717) is 12.8 Å². The molecule has 322 valence electrons. The van der Waals surface area contributed by atoms with Gasteiger partial charge in [-0.3, -0.25) is 9.59 Å². The number of carbonyl (C=O) groups is 2. The minimum absolute atomic E-state index is 0.101. The smallest absolute Gasteiger partial charge is 0.306 e. The first-order chi connectivity index (χ1) is 27.6. The second kappa shape index (κ2) is 46.7. The Balaban J connectivity index is 3.64. The van der Waals surface area contributed by atoms with Crippen molar-refractivity contribution in [1.82, 2.24) is 0 Å². The van der Waals surface area contributed by atoms with Crippen LogP contribution >= 0.6 is 0 Å². The van der Waals surface area contributed by atoms with E-state index >= 15 is 0 Å². The number of unbranched alkanes of at least 4 members (excludes halogenated alkanes) is 22. The normalized spacial score (nSPS) is 12.8. The number of hydrogen-bond acceptors (Lipinski definition) is 5. The van der Waals surface area contributed by atoms with Gasteiger partial charge in [0.25, 0.3) is 0 Å². The molecule has 0 saturated carbocycles. The molecule has 56 heavy (non-hydrogen) atoms.